The fourth-order valence-corrected chi connectivity index (χ4v) is 2.96. The molecule has 1 nitrogen and oxygen atoms in total. The van der Waals surface area contributed by atoms with Crippen molar-refractivity contribution in [2.24, 2.45) is 0 Å². The summed E-state index contributed by atoms with van der Waals surface area (Å²) in [6.45, 7) is 0. The van der Waals surface area contributed by atoms with Crippen LogP contribution in [-0.2, 0) is 0 Å². The molecule has 1 N–H and O–H groups in total. The van der Waals surface area contributed by atoms with Gasteiger partial charge < -0.3 is 5.11 Å². The SMILES string of the molecule is OC(c1ccc(Br)s1)c1cc(F)c(Cl)cc1F. The molecule has 0 saturated heterocycles. The molecule has 1 aromatic heterocycles. The molecule has 0 saturated carbocycles. The van der Waals surface area contributed by atoms with Crippen molar-refractivity contribution >= 4 is 38.9 Å². The van der Waals surface area contributed by atoms with Crippen molar-refractivity contribution < 1.29 is 13.9 Å². The van der Waals surface area contributed by atoms with E-state index < -0.39 is 17.7 Å². The molecular weight excluding hydrogens is 334 g/mol. The first-order valence-corrected chi connectivity index (χ1v) is 6.55. The zero-order chi connectivity index (χ0) is 12.6. The van der Waals surface area contributed by atoms with Crippen molar-refractivity contribution in [2.45, 2.75) is 6.10 Å². The Morgan fingerprint density at radius 1 is 1.24 bits per heavy atom. The minimum Gasteiger partial charge on any atom is -0.383 e. The predicted octanol–water partition coefficient (Wildman–Crippen LogP) is 4.52. The Labute approximate surface area is 114 Å². The van der Waals surface area contributed by atoms with Crippen LogP contribution in [-0.4, -0.2) is 5.11 Å². The summed E-state index contributed by atoms with van der Waals surface area (Å²) in [5, 5.41) is 9.64. The van der Waals surface area contributed by atoms with Gasteiger partial charge in [0.25, 0.3) is 0 Å². The standard InChI is InChI=1S/C11H6BrClF2OS/c12-10-2-1-9(17-10)11(16)5-3-8(15)6(13)4-7(5)14/h1-4,11,16H. The van der Waals surface area contributed by atoms with E-state index in [0.717, 1.165) is 15.9 Å². The van der Waals surface area contributed by atoms with Crippen LogP contribution in [0.25, 0.3) is 0 Å². The zero-order valence-electron chi connectivity index (χ0n) is 8.25. The van der Waals surface area contributed by atoms with Crippen LogP contribution >= 0.6 is 38.9 Å². The second kappa shape index (κ2) is 5.02. The molecule has 6 heteroatoms. The molecule has 0 radical (unpaired) electrons. The molecule has 0 fully saturated rings. The normalized spacial score (nSPS) is 12.8. The molecule has 17 heavy (non-hydrogen) atoms. The molecule has 0 amide bonds. The molecule has 1 atom stereocenters. The van der Waals surface area contributed by atoms with Crippen LogP contribution in [0.2, 0.25) is 5.02 Å². The number of hydrogen-bond donors (Lipinski definition) is 1. The number of aliphatic hydroxyl groups is 1. The third kappa shape index (κ3) is 2.68. The van der Waals surface area contributed by atoms with Gasteiger partial charge >= 0.3 is 0 Å². The highest BCUT2D eigenvalue weighted by molar-refractivity contribution is 9.11. The van der Waals surface area contributed by atoms with Gasteiger partial charge in [-0.2, -0.15) is 0 Å². The summed E-state index contributed by atoms with van der Waals surface area (Å²) in [4.78, 5) is 0.525. The maximum absolute atomic E-state index is 13.6. The fraction of sp³-hybridized carbons (Fsp3) is 0.0909. The van der Waals surface area contributed by atoms with Gasteiger partial charge in [0, 0.05) is 10.4 Å². The Morgan fingerprint density at radius 2 is 1.94 bits per heavy atom. The van der Waals surface area contributed by atoms with Crippen molar-refractivity contribution in [3.05, 3.63) is 55.1 Å². The van der Waals surface area contributed by atoms with E-state index in [1.54, 1.807) is 12.1 Å². The van der Waals surface area contributed by atoms with Crippen LogP contribution in [0, 0.1) is 11.6 Å². The Hall–Kier alpha value is -0.490. The lowest BCUT2D eigenvalue weighted by atomic mass is 10.1. The number of halogens is 4. The molecular formula is C11H6BrClF2OS. The average Bonchev–Trinajstić information content (AvgIpc) is 2.69. The molecule has 1 unspecified atom stereocenters. The van der Waals surface area contributed by atoms with E-state index in [-0.39, 0.29) is 10.6 Å². The summed E-state index contributed by atoms with van der Waals surface area (Å²) in [5.74, 6) is -1.48. The molecule has 1 aromatic carbocycles. The first-order valence-electron chi connectivity index (χ1n) is 4.57. The van der Waals surface area contributed by atoms with E-state index >= 15 is 0 Å². The van der Waals surface area contributed by atoms with Gasteiger partial charge in [0.15, 0.2) is 0 Å². The van der Waals surface area contributed by atoms with E-state index in [1.165, 1.54) is 11.3 Å². The van der Waals surface area contributed by atoms with Crippen molar-refractivity contribution in [1.82, 2.24) is 0 Å². The monoisotopic (exact) mass is 338 g/mol. The third-order valence-electron chi connectivity index (χ3n) is 2.20. The first-order chi connectivity index (χ1) is 7.99. The van der Waals surface area contributed by atoms with E-state index in [4.69, 9.17) is 11.6 Å². The number of hydrogen-bond acceptors (Lipinski definition) is 2. The summed E-state index contributed by atoms with van der Waals surface area (Å²) >= 11 is 9.93. The van der Waals surface area contributed by atoms with Crippen molar-refractivity contribution in [2.75, 3.05) is 0 Å². The van der Waals surface area contributed by atoms with E-state index in [9.17, 15) is 13.9 Å². The summed E-state index contributed by atoms with van der Waals surface area (Å²) in [7, 11) is 0. The van der Waals surface area contributed by atoms with Crippen LogP contribution in [0.4, 0.5) is 8.78 Å². The summed E-state index contributed by atoms with van der Waals surface area (Å²) in [6, 6.07) is 5.15. The topological polar surface area (TPSA) is 20.2 Å². The van der Waals surface area contributed by atoms with Crippen molar-refractivity contribution in [3.8, 4) is 0 Å². The molecule has 2 aromatic rings. The predicted molar refractivity (Wildman–Crippen MR) is 67.4 cm³/mol. The van der Waals surface area contributed by atoms with Gasteiger partial charge in [-0.3, -0.25) is 0 Å². The van der Waals surface area contributed by atoms with Gasteiger partial charge in [-0.1, -0.05) is 11.6 Å². The fourth-order valence-electron chi connectivity index (χ4n) is 1.38. The van der Waals surface area contributed by atoms with Gasteiger partial charge in [-0.05, 0) is 40.2 Å². The molecule has 0 spiro atoms. The minimum absolute atomic E-state index is 0.124. The Morgan fingerprint density at radius 3 is 2.53 bits per heavy atom. The molecule has 0 aliphatic heterocycles. The molecule has 2 rings (SSSR count). The molecule has 90 valence electrons. The first kappa shape index (κ1) is 13.0. The number of benzene rings is 1. The van der Waals surface area contributed by atoms with E-state index in [0.29, 0.717) is 4.88 Å². The van der Waals surface area contributed by atoms with Crippen LogP contribution < -0.4 is 0 Å². The Bertz CT molecular complexity index is 558. The van der Waals surface area contributed by atoms with Gasteiger partial charge in [0.1, 0.15) is 17.7 Å². The van der Waals surface area contributed by atoms with Crippen molar-refractivity contribution in [1.29, 1.82) is 0 Å². The highest BCUT2D eigenvalue weighted by Crippen LogP contribution is 2.33. The quantitative estimate of drug-likeness (QED) is 0.797. The van der Waals surface area contributed by atoms with Gasteiger partial charge in [-0.25, -0.2) is 8.78 Å². The second-order valence-electron chi connectivity index (χ2n) is 3.33. The maximum atomic E-state index is 13.6. The van der Waals surface area contributed by atoms with Crippen LogP contribution in [0.15, 0.2) is 28.1 Å². The van der Waals surface area contributed by atoms with Crippen LogP contribution in [0.5, 0.6) is 0 Å². The second-order valence-corrected chi connectivity index (χ2v) is 6.23. The summed E-state index contributed by atoms with van der Waals surface area (Å²) in [6.07, 6.45) is -1.20. The molecule has 0 bridgehead atoms. The molecule has 1 heterocycles. The number of aliphatic hydroxyl groups excluding tert-OH is 1. The Balaban J connectivity index is 2.43. The molecule has 0 aliphatic rings. The van der Waals surface area contributed by atoms with E-state index in [1.807, 2.05) is 0 Å². The maximum Gasteiger partial charge on any atom is 0.142 e. The van der Waals surface area contributed by atoms with E-state index in [2.05, 4.69) is 15.9 Å². The average molecular weight is 340 g/mol. The third-order valence-corrected chi connectivity index (χ3v) is 4.16. The van der Waals surface area contributed by atoms with Gasteiger partial charge in [0.2, 0.25) is 0 Å². The largest absolute Gasteiger partial charge is 0.383 e. The number of thiophene rings is 1. The van der Waals surface area contributed by atoms with Crippen molar-refractivity contribution in [3.63, 3.8) is 0 Å². The van der Waals surface area contributed by atoms with Gasteiger partial charge in [-0.15, -0.1) is 11.3 Å². The lowest BCUT2D eigenvalue weighted by Crippen LogP contribution is -2.01. The lowest BCUT2D eigenvalue weighted by Gasteiger charge is -2.10. The number of rotatable bonds is 2. The summed E-state index contributed by atoms with van der Waals surface area (Å²) in [5.41, 5.74) is -0.124. The van der Waals surface area contributed by atoms with Crippen LogP contribution in [0.3, 0.4) is 0 Å². The van der Waals surface area contributed by atoms with Gasteiger partial charge in [0.05, 0.1) is 8.81 Å². The lowest BCUT2D eigenvalue weighted by molar-refractivity contribution is 0.218. The zero-order valence-corrected chi connectivity index (χ0v) is 11.4. The summed E-state index contributed by atoms with van der Waals surface area (Å²) < 4.78 is 27.6. The van der Waals surface area contributed by atoms with Crippen LogP contribution in [0.1, 0.15) is 16.5 Å². The smallest absolute Gasteiger partial charge is 0.142 e. The molecule has 0 aliphatic carbocycles. The minimum atomic E-state index is -1.20. The highest BCUT2D eigenvalue weighted by Gasteiger charge is 2.19. The Kier molecular flexibility index (Phi) is 3.82. The highest BCUT2D eigenvalue weighted by atomic mass is 79.9.